The highest BCUT2D eigenvalue weighted by Gasteiger charge is 2.20. The maximum atomic E-state index is 12.4. The Morgan fingerprint density at radius 1 is 1.20 bits per heavy atom. The average Bonchev–Trinajstić information content (AvgIpc) is 3.28. The molecular weight excluding hydrogens is 426 g/mol. The van der Waals surface area contributed by atoms with Crippen molar-refractivity contribution < 1.29 is 19.1 Å². The number of hydrogen-bond acceptors (Lipinski definition) is 10. The molecule has 3 aromatic rings. The molecule has 0 fully saturated rings. The molecule has 30 heavy (non-hydrogen) atoms. The molecule has 0 aliphatic carbocycles. The second-order valence-electron chi connectivity index (χ2n) is 5.85. The van der Waals surface area contributed by atoms with E-state index in [4.69, 9.17) is 9.47 Å². The Morgan fingerprint density at radius 2 is 1.97 bits per heavy atom. The van der Waals surface area contributed by atoms with Crippen molar-refractivity contribution in [2.45, 2.75) is 11.6 Å². The van der Waals surface area contributed by atoms with E-state index in [-0.39, 0.29) is 17.4 Å². The topological polar surface area (TPSA) is 116 Å². The summed E-state index contributed by atoms with van der Waals surface area (Å²) in [6.07, 6.45) is 5.53. The minimum absolute atomic E-state index is 0.143. The van der Waals surface area contributed by atoms with Crippen molar-refractivity contribution in [1.82, 2.24) is 24.9 Å². The summed E-state index contributed by atoms with van der Waals surface area (Å²) in [4.78, 5) is 33.3. The standard InChI is InChI=1S/C19H19N5O4S2/c1-27-14-7-4-3-6-13(14)17(25)20-8-5-9-28-18(26)16-15(23-24-30-16)12-10-21-19(29-2)22-11-12/h3-4,6-7,10-11H,5,8-9H2,1-2H3,(H,20,25). The number of hydrogen-bond donors (Lipinski definition) is 1. The lowest BCUT2D eigenvalue weighted by Gasteiger charge is -2.09. The number of carbonyl (C=O) groups is 2. The van der Waals surface area contributed by atoms with Gasteiger partial charge >= 0.3 is 5.97 Å². The van der Waals surface area contributed by atoms with Crippen LogP contribution in [0.1, 0.15) is 26.5 Å². The Balaban J connectivity index is 1.49. The molecule has 2 heterocycles. The van der Waals surface area contributed by atoms with Gasteiger partial charge in [-0.15, -0.1) is 5.10 Å². The zero-order valence-electron chi connectivity index (χ0n) is 16.3. The summed E-state index contributed by atoms with van der Waals surface area (Å²) in [6.45, 7) is 0.492. The van der Waals surface area contributed by atoms with Gasteiger partial charge in [-0.25, -0.2) is 14.8 Å². The number of nitrogens with zero attached hydrogens (tertiary/aromatic N) is 4. The number of para-hydroxylation sites is 1. The molecule has 0 radical (unpaired) electrons. The number of methoxy groups -OCH3 is 1. The van der Waals surface area contributed by atoms with Crippen LogP contribution in [0.3, 0.4) is 0 Å². The first-order chi connectivity index (χ1) is 14.6. The normalized spacial score (nSPS) is 10.5. The summed E-state index contributed by atoms with van der Waals surface area (Å²) in [5.74, 6) is -0.271. The van der Waals surface area contributed by atoms with Crippen molar-refractivity contribution in [2.75, 3.05) is 26.5 Å². The molecule has 0 bridgehead atoms. The third-order valence-electron chi connectivity index (χ3n) is 3.95. The number of ether oxygens (including phenoxy) is 2. The lowest BCUT2D eigenvalue weighted by molar-refractivity contribution is 0.0507. The highest BCUT2D eigenvalue weighted by atomic mass is 32.2. The molecule has 11 heteroatoms. The van der Waals surface area contributed by atoms with Crippen LogP contribution >= 0.6 is 23.3 Å². The maximum absolute atomic E-state index is 12.4. The Labute approximate surface area is 181 Å². The molecule has 0 atom stereocenters. The fraction of sp³-hybridized carbons (Fsp3) is 0.263. The molecule has 0 aliphatic heterocycles. The number of aromatic nitrogens is 4. The van der Waals surface area contributed by atoms with E-state index in [9.17, 15) is 9.59 Å². The maximum Gasteiger partial charge on any atom is 0.352 e. The molecule has 1 amide bonds. The van der Waals surface area contributed by atoms with Crippen molar-refractivity contribution in [3.05, 3.63) is 47.1 Å². The highest BCUT2D eigenvalue weighted by molar-refractivity contribution is 7.98. The first-order valence-corrected chi connectivity index (χ1v) is 10.9. The monoisotopic (exact) mass is 445 g/mol. The minimum Gasteiger partial charge on any atom is -0.496 e. The van der Waals surface area contributed by atoms with E-state index >= 15 is 0 Å². The van der Waals surface area contributed by atoms with E-state index in [1.54, 1.807) is 36.7 Å². The molecule has 1 N–H and O–H groups in total. The molecule has 9 nitrogen and oxygen atoms in total. The summed E-state index contributed by atoms with van der Waals surface area (Å²) in [5.41, 5.74) is 1.44. The van der Waals surface area contributed by atoms with Crippen LogP contribution < -0.4 is 10.1 Å². The highest BCUT2D eigenvalue weighted by Crippen LogP contribution is 2.24. The van der Waals surface area contributed by atoms with E-state index < -0.39 is 5.97 Å². The second-order valence-corrected chi connectivity index (χ2v) is 7.38. The Bertz CT molecular complexity index is 1010. The van der Waals surface area contributed by atoms with Gasteiger partial charge in [-0.3, -0.25) is 4.79 Å². The third-order valence-corrected chi connectivity index (χ3v) is 5.23. The van der Waals surface area contributed by atoms with Gasteiger partial charge in [0.1, 0.15) is 11.4 Å². The van der Waals surface area contributed by atoms with Crippen molar-refractivity contribution in [2.24, 2.45) is 0 Å². The van der Waals surface area contributed by atoms with Gasteiger partial charge in [0.05, 0.1) is 19.3 Å². The summed E-state index contributed by atoms with van der Waals surface area (Å²) in [7, 11) is 1.51. The number of thioether (sulfide) groups is 1. The van der Waals surface area contributed by atoms with Crippen LogP contribution in [0.4, 0.5) is 0 Å². The Kier molecular flexibility index (Phi) is 7.69. The van der Waals surface area contributed by atoms with Crippen molar-refractivity contribution >= 4 is 35.2 Å². The van der Waals surface area contributed by atoms with Gasteiger partial charge < -0.3 is 14.8 Å². The molecule has 1 aromatic carbocycles. The zero-order valence-corrected chi connectivity index (χ0v) is 18.0. The van der Waals surface area contributed by atoms with Crippen molar-refractivity contribution in [3.63, 3.8) is 0 Å². The van der Waals surface area contributed by atoms with Crippen LogP contribution in [0, 0.1) is 0 Å². The van der Waals surface area contributed by atoms with Crippen LogP contribution in [0.2, 0.25) is 0 Å². The molecule has 0 saturated carbocycles. The average molecular weight is 446 g/mol. The number of nitrogens with one attached hydrogen (secondary N) is 1. The predicted molar refractivity (Wildman–Crippen MR) is 113 cm³/mol. The number of benzene rings is 1. The van der Waals surface area contributed by atoms with E-state index in [2.05, 4.69) is 24.9 Å². The largest absolute Gasteiger partial charge is 0.496 e. The van der Waals surface area contributed by atoms with Crippen LogP contribution in [0.5, 0.6) is 5.75 Å². The minimum atomic E-state index is -0.523. The van der Waals surface area contributed by atoms with Crippen LogP contribution in [-0.2, 0) is 4.74 Å². The fourth-order valence-corrected chi connectivity index (χ4v) is 3.39. The quantitative estimate of drug-likeness (QED) is 0.230. The van der Waals surface area contributed by atoms with E-state index in [0.29, 0.717) is 40.7 Å². The first kappa shape index (κ1) is 21.7. The molecular formula is C19H19N5O4S2. The van der Waals surface area contributed by atoms with E-state index in [0.717, 1.165) is 11.5 Å². The van der Waals surface area contributed by atoms with Gasteiger partial charge in [0.25, 0.3) is 5.91 Å². The third kappa shape index (κ3) is 5.30. The van der Waals surface area contributed by atoms with Gasteiger partial charge in [0, 0.05) is 24.5 Å². The van der Waals surface area contributed by atoms with Gasteiger partial charge in [-0.1, -0.05) is 28.4 Å². The van der Waals surface area contributed by atoms with Gasteiger partial charge in [0.15, 0.2) is 10.0 Å². The van der Waals surface area contributed by atoms with Crippen LogP contribution in [-0.4, -0.2) is 57.9 Å². The number of rotatable bonds is 9. The smallest absolute Gasteiger partial charge is 0.352 e. The SMILES string of the molecule is COc1ccccc1C(=O)NCCCOC(=O)c1snnc1-c1cnc(SC)nc1. The first-order valence-electron chi connectivity index (χ1n) is 8.91. The van der Waals surface area contributed by atoms with Crippen molar-refractivity contribution in [3.8, 4) is 17.0 Å². The number of carbonyl (C=O) groups excluding carboxylic acids is 2. The summed E-state index contributed by atoms with van der Waals surface area (Å²) < 4.78 is 14.3. The molecule has 0 spiro atoms. The number of esters is 1. The van der Waals surface area contributed by atoms with Crippen LogP contribution in [0.15, 0.2) is 41.8 Å². The van der Waals surface area contributed by atoms with E-state index in [1.807, 2.05) is 6.26 Å². The molecule has 0 saturated heterocycles. The van der Waals surface area contributed by atoms with E-state index in [1.165, 1.54) is 18.9 Å². The zero-order chi connectivity index (χ0) is 21.3. The predicted octanol–water partition coefficient (Wildman–Crippen LogP) is 2.70. The van der Waals surface area contributed by atoms with Crippen LogP contribution in [0.25, 0.3) is 11.3 Å². The van der Waals surface area contributed by atoms with Gasteiger partial charge in [0.2, 0.25) is 0 Å². The Hall–Kier alpha value is -3.05. The second kappa shape index (κ2) is 10.6. The molecule has 0 unspecified atom stereocenters. The summed E-state index contributed by atoms with van der Waals surface area (Å²) in [6, 6.07) is 6.96. The molecule has 156 valence electrons. The Morgan fingerprint density at radius 3 is 2.70 bits per heavy atom. The molecule has 0 aliphatic rings. The lowest BCUT2D eigenvalue weighted by Crippen LogP contribution is -2.26. The summed E-state index contributed by atoms with van der Waals surface area (Å²) in [5, 5.41) is 7.40. The molecule has 3 rings (SSSR count). The molecule has 2 aromatic heterocycles. The number of amides is 1. The lowest BCUT2D eigenvalue weighted by atomic mass is 10.2. The van der Waals surface area contributed by atoms with Gasteiger partial charge in [-0.2, -0.15) is 0 Å². The summed E-state index contributed by atoms with van der Waals surface area (Å²) >= 11 is 2.37. The van der Waals surface area contributed by atoms with Crippen molar-refractivity contribution in [1.29, 1.82) is 0 Å². The van der Waals surface area contributed by atoms with Gasteiger partial charge in [-0.05, 0) is 36.3 Å². The fourth-order valence-electron chi connectivity index (χ4n) is 2.49.